The van der Waals surface area contributed by atoms with E-state index in [-0.39, 0.29) is 17.9 Å². The number of ether oxygens (including phenoxy) is 2. The molecule has 0 saturated heterocycles. The number of aliphatic hydroxyl groups is 1. The Bertz CT molecular complexity index is 297. The van der Waals surface area contributed by atoms with Crippen LogP contribution in [0.3, 0.4) is 0 Å². The zero-order valence-corrected chi connectivity index (χ0v) is 11.5. The maximum absolute atomic E-state index is 11.1. The Morgan fingerprint density at radius 1 is 1.56 bits per heavy atom. The first-order valence-corrected chi connectivity index (χ1v) is 5.92. The highest BCUT2D eigenvalue weighted by atomic mass is 16.5. The summed E-state index contributed by atoms with van der Waals surface area (Å²) in [6.45, 7) is 8.59. The second-order valence-corrected chi connectivity index (χ2v) is 4.04. The predicted molar refractivity (Wildman–Crippen MR) is 69.4 cm³/mol. The van der Waals surface area contributed by atoms with Crippen molar-refractivity contribution in [2.45, 2.75) is 39.4 Å². The lowest BCUT2D eigenvalue weighted by molar-refractivity contribution is -0.118. The molecule has 0 aliphatic heterocycles. The van der Waals surface area contributed by atoms with Gasteiger partial charge in [0.05, 0.1) is 18.1 Å². The molecule has 18 heavy (non-hydrogen) atoms. The van der Waals surface area contributed by atoms with E-state index in [0.29, 0.717) is 5.70 Å². The van der Waals surface area contributed by atoms with Gasteiger partial charge in [-0.2, -0.15) is 0 Å². The summed E-state index contributed by atoms with van der Waals surface area (Å²) in [5.41, 5.74) is 0.297. The molecule has 0 spiro atoms. The molecule has 104 valence electrons. The van der Waals surface area contributed by atoms with E-state index in [1.807, 2.05) is 13.8 Å². The third kappa shape index (κ3) is 5.33. The van der Waals surface area contributed by atoms with Gasteiger partial charge in [-0.15, -0.1) is 0 Å². The zero-order valence-electron chi connectivity index (χ0n) is 11.5. The van der Waals surface area contributed by atoms with Gasteiger partial charge in [0.1, 0.15) is 12.4 Å². The van der Waals surface area contributed by atoms with E-state index in [4.69, 9.17) is 9.47 Å². The van der Waals surface area contributed by atoms with Crippen LogP contribution in [0, 0.1) is 5.92 Å². The van der Waals surface area contributed by atoms with Crippen LogP contribution < -0.4 is 5.32 Å². The molecule has 0 heterocycles. The average molecular weight is 257 g/mol. The minimum atomic E-state index is -0.876. The molecule has 0 radical (unpaired) electrons. The fourth-order valence-electron chi connectivity index (χ4n) is 1.74. The summed E-state index contributed by atoms with van der Waals surface area (Å²) in [7, 11) is 1.60. The quantitative estimate of drug-likeness (QED) is 0.647. The van der Waals surface area contributed by atoms with Crippen LogP contribution in [0.2, 0.25) is 0 Å². The molecule has 0 bridgehead atoms. The molecule has 3 atom stereocenters. The molecule has 0 aromatic heterocycles. The molecule has 0 saturated carbocycles. The van der Waals surface area contributed by atoms with Crippen LogP contribution in [0.1, 0.15) is 27.2 Å². The number of hydrogen-bond donors (Lipinski definition) is 2. The van der Waals surface area contributed by atoms with E-state index < -0.39 is 6.10 Å². The number of nitrogens with one attached hydrogen (secondary N) is 1. The number of hydrogen-bond acceptors (Lipinski definition) is 4. The number of methoxy groups -OCH3 is 1. The SMILES string of the molecule is C=CO/C=C(/NC(C)=O)C(O)[C@@H](C)C(CC)OC. The van der Waals surface area contributed by atoms with Crippen molar-refractivity contribution in [1.82, 2.24) is 5.32 Å². The van der Waals surface area contributed by atoms with Crippen LogP contribution in [-0.2, 0) is 14.3 Å². The maximum atomic E-state index is 11.1. The summed E-state index contributed by atoms with van der Waals surface area (Å²) in [5.74, 6) is -0.447. The van der Waals surface area contributed by atoms with Crippen molar-refractivity contribution in [3.8, 4) is 0 Å². The summed E-state index contributed by atoms with van der Waals surface area (Å²) in [5, 5.41) is 12.8. The van der Waals surface area contributed by atoms with Gasteiger partial charge in [0.25, 0.3) is 0 Å². The van der Waals surface area contributed by atoms with Crippen molar-refractivity contribution in [2.24, 2.45) is 5.92 Å². The van der Waals surface area contributed by atoms with Crippen LogP contribution in [-0.4, -0.2) is 30.3 Å². The van der Waals surface area contributed by atoms with Crippen LogP contribution in [0.25, 0.3) is 0 Å². The summed E-state index contributed by atoms with van der Waals surface area (Å²) < 4.78 is 10.2. The highest BCUT2D eigenvalue weighted by Gasteiger charge is 2.26. The average Bonchev–Trinajstić information content (AvgIpc) is 2.34. The Morgan fingerprint density at radius 2 is 2.17 bits per heavy atom. The van der Waals surface area contributed by atoms with Crippen molar-refractivity contribution < 1.29 is 19.4 Å². The number of rotatable bonds is 8. The molecule has 0 fully saturated rings. The molecule has 5 heteroatoms. The van der Waals surface area contributed by atoms with Crippen molar-refractivity contribution in [3.05, 3.63) is 24.8 Å². The van der Waals surface area contributed by atoms with E-state index in [9.17, 15) is 9.90 Å². The largest absolute Gasteiger partial charge is 0.471 e. The molecule has 0 rings (SSSR count). The maximum Gasteiger partial charge on any atom is 0.221 e. The fourth-order valence-corrected chi connectivity index (χ4v) is 1.74. The van der Waals surface area contributed by atoms with E-state index in [1.54, 1.807) is 7.11 Å². The van der Waals surface area contributed by atoms with Gasteiger partial charge in [0.2, 0.25) is 5.91 Å². The number of amides is 1. The molecule has 2 unspecified atom stereocenters. The number of aliphatic hydroxyl groups excluding tert-OH is 1. The van der Waals surface area contributed by atoms with E-state index in [0.717, 1.165) is 6.42 Å². The lowest BCUT2D eigenvalue weighted by atomic mass is 9.94. The van der Waals surface area contributed by atoms with Crippen LogP contribution in [0.4, 0.5) is 0 Å². The van der Waals surface area contributed by atoms with Crippen molar-refractivity contribution in [3.63, 3.8) is 0 Å². The number of carbonyl (C=O) groups excluding carboxylic acids is 1. The third-order valence-corrected chi connectivity index (χ3v) is 2.72. The molecule has 0 aromatic rings. The Hall–Kier alpha value is -1.33. The molecule has 1 amide bonds. The van der Waals surface area contributed by atoms with Crippen molar-refractivity contribution in [1.29, 1.82) is 0 Å². The second-order valence-electron chi connectivity index (χ2n) is 4.04. The highest BCUT2D eigenvalue weighted by Crippen LogP contribution is 2.19. The van der Waals surface area contributed by atoms with Gasteiger partial charge in [-0.05, 0) is 6.42 Å². The highest BCUT2D eigenvalue weighted by molar-refractivity contribution is 5.75. The van der Waals surface area contributed by atoms with E-state index in [1.165, 1.54) is 19.4 Å². The first-order valence-electron chi connectivity index (χ1n) is 5.92. The van der Waals surface area contributed by atoms with Crippen molar-refractivity contribution >= 4 is 5.91 Å². The first-order chi connectivity index (χ1) is 8.47. The second kappa shape index (κ2) is 8.72. The summed E-state index contributed by atoms with van der Waals surface area (Å²) in [6, 6.07) is 0. The first kappa shape index (κ1) is 16.7. The van der Waals surface area contributed by atoms with Crippen LogP contribution in [0.5, 0.6) is 0 Å². The number of carbonyl (C=O) groups is 1. The lowest BCUT2D eigenvalue weighted by Gasteiger charge is -2.27. The molecule has 0 aromatic carbocycles. The Morgan fingerprint density at radius 3 is 2.56 bits per heavy atom. The standard InChI is InChI=1S/C13H23NO4/c1-6-12(17-5)9(3)13(16)11(8-18-7-2)14-10(4)15/h7-9,12-13,16H,2,6H2,1,3-5H3,(H,14,15)/b11-8+/t9-,12?,13?/m0/s1. The lowest BCUT2D eigenvalue weighted by Crippen LogP contribution is -2.37. The monoisotopic (exact) mass is 257 g/mol. The molecule has 2 N–H and O–H groups in total. The topological polar surface area (TPSA) is 67.8 Å². The normalized spacial score (nSPS) is 16.6. The zero-order chi connectivity index (χ0) is 14.1. The van der Waals surface area contributed by atoms with Gasteiger partial charge in [-0.25, -0.2) is 0 Å². The molecular weight excluding hydrogens is 234 g/mol. The predicted octanol–water partition coefficient (Wildman–Crippen LogP) is 1.55. The molecule has 0 aliphatic carbocycles. The van der Waals surface area contributed by atoms with E-state index >= 15 is 0 Å². The molecule has 0 aliphatic rings. The minimum absolute atomic E-state index is 0.0964. The summed E-state index contributed by atoms with van der Waals surface area (Å²) in [4.78, 5) is 11.1. The minimum Gasteiger partial charge on any atom is -0.471 e. The Balaban J connectivity index is 4.87. The third-order valence-electron chi connectivity index (χ3n) is 2.72. The Labute approximate surface area is 108 Å². The van der Waals surface area contributed by atoms with Gasteiger partial charge < -0.3 is 19.9 Å². The van der Waals surface area contributed by atoms with Crippen LogP contribution in [0.15, 0.2) is 24.8 Å². The van der Waals surface area contributed by atoms with E-state index in [2.05, 4.69) is 11.9 Å². The summed E-state index contributed by atoms with van der Waals surface area (Å²) >= 11 is 0. The fraction of sp³-hybridized carbons (Fsp3) is 0.615. The van der Waals surface area contributed by atoms with Gasteiger partial charge in [-0.1, -0.05) is 20.4 Å². The Kier molecular flexibility index (Phi) is 8.07. The van der Waals surface area contributed by atoms with Gasteiger partial charge >= 0.3 is 0 Å². The summed E-state index contributed by atoms with van der Waals surface area (Å²) in [6.07, 6.45) is 2.29. The smallest absolute Gasteiger partial charge is 0.221 e. The van der Waals surface area contributed by atoms with Crippen molar-refractivity contribution in [2.75, 3.05) is 7.11 Å². The van der Waals surface area contributed by atoms with Gasteiger partial charge in [0, 0.05) is 20.0 Å². The van der Waals surface area contributed by atoms with Gasteiger partial charge in [0.15, 0.2) is 0 Å². The molecule has 5 nitrogen and oxygen atoms in total. The van der Waals surface area contributed by atoms with Gasteiger partial charge in [-0.3, -0.25) is 4.79 Å². The van der Waals surface area contributed by atoms with Crippen LogP contribution >= 0.6 is 0 Å². The molecular formula is C13H23NO4.